The van der Waals surface area contributed by atoms with Gasteiger partial charge in [0.1, 0.15) is 5.75 Å². The Morgan fingerprint density at radius 1 is 1.47 bits per heavy atom. The Morgan fingerprint density at radius 3 is 2.94 bits per heavy atom. The van der Waals surface area contributed by atoms with Crippen molar-refractivity contribution in [2.24, 2.45) is 0 Å². The first-order chi connectivity index (χ1) is 8.35. The molecule has 0 amide bonds. The number of rotatable bonds is 5. The van der Waals surface area contributed by atoms with Gasteiger partial charge in [0.15, 0.2) is 0 Å². The minimum absolute atomic E-state index is 0.363. The van der Waals surface area contributed by atoms with Crippen molar-refractivity contribution in [3.05, 3.63) is 29.8 Å². The van der Waals surface area contributed by atoms with Crippen molar-refractivity contribution in [2.45, 2.75) is 31.3 Å². The first-order valence-corrected chi connectivity index (χ1v) is 6.38. The van der Waals surface area contributed by atoms with E-state index in [9.17, 15) is 0 Å². The average molecular weight is 234 g/mol. The van der Waals surface area contributed by atoms with Crippen molar-refractivity contribution in [1.82, 2.24) is 10.6 Å². The molecular formula is C14H22N2O. The molecule has 1 aromatic carbocycles. The predicted octanol–water partition coefficient (Wildman–Crippen LogP) is 2.10. The van der Waals surface area contributed by atoms with Gasteiger partial charge in [-0.15, -0.1) is 0 Å². The Labute approximate surface area is 104 Å². The lowest BCUT2D eigenvalue weighted by molar-refractivity contribution is 0.389. The number of nitrogens with one attached hydrogen (secondary N) is 2. The number of hydrogen-bond donors (Lipinski definition) is 2. The van der Waals surface area contributed by atoms with Gasteiger partial charge in [-0.1, -0.05) is 18.2 Å². The third-order valence-corrected chi connectivity index (χ3v) is 3.55. The Hall–Kier alpha value is -1.06. The molecule has 0 bridgehead atoms. The highest BCUT2D eigenvalue weighted by atomic mass is 16.5. The summed E-state index contributed by atoms with van der Waals surface area (Å²) in [5.41, 5.74) is 1.26. The van der Waals surface area contributed by atoms with Crippen LogP contribution in [0, 0.1) is 0 Å². The second-order valence-corrected chi connectivity index (χ2v) is 4.61. The Balaban J connectivity index is 2.10. The van der Waals surface area contributed by atoms with E-state index in [1.807, 2.05) is 19.2 Å². The molecule has 1 saturated heterocycles. The van der Waals surface area contributed by atoms with E-state index in [-0.39, 0.29) is 0 Å². The zero-order chi connectivity index (χ0) is 12.1. The van der Waals surface area contributed by atoms with Gasteiger partial charge in [-0.25, -0.2) is 0 Å². The van der Waals surface area contributed by atoms with E-state index < -0.39 is 0 Å². The molecule has 2 N–H and O–H groups in total. The molecule has 0 radical (unpaired) electrons. The maximum absolute atomic E-state index is 5.43. The molecule has 3 nitrogen and oxygen atoms in total. The summed E-state index contributed by atoms with van der Waals surface area (Å²) < 4.78 is 5.43. The smallest absolute Gasteiger partial charge is 0.123 e. The van der Waals surface area contributed by atoms with Gasteiger partial charge in [0.2, 0.25) is 0 Å². The largest absolute Gasteiger partial charge is 0.496 e. The highest BCUT2D eigenvalue weighted by Crippen LogP contribution is 2.29. The Bertz CT molecular complexity index is 348. The molecule has 0 aliphatic carbocycles. The molecular weight excluding hydrogens is 212 g/mol. The average Bonchev–Trinajstić information content (AvgIpc) is 2.89. The van der Waals surface area contributed by atoms with Crippen LogP contribution in [0.1, 0.15) is 30.9 Å². The van der Waals surface area contributed by atoms with Crippen LogP contribution in [0.5, 0.6) is 5.75 Å². The molecule has 0 spiro atoms. The Morgan fingerprint density at radius 2 is 2.29 bits per heavy atom. The lowest BCUT2D eigenvalue weighted by Gasteiger charge is -2.22. The van der Waals surface area contributed by atoms with Crippen molar-refractivity contribution in [3.8, 4) is 5.75 Å². The molecule has 0 saturated carbocycles. The first kappa shape index (κ1) is 12.4. The van der Waals surface area contributed by atoms with Crippen molar-refractivity contribution in [3.63, 3.8) is 0 Å². The van der Waals surface area contributed by atoms with Gasteiger partial charge in [0.05, 0.1) is 7.11 Å². The van der Waals surface area contributed by atoms with Gasteiger partial charge in [0.25, 0.3) is 0 Å². The van der Waals surface area contributed by atoms with Crippen LogP contribution in [0.15, 0.2) is 24.3 Å². The predicted molar refractivity (Wildman–Crippen MR) is 70.4 cm³/mol. The van der Waals surface area contributed by atoms with Crippen molar-refractivity contribution in [2.75, 3.05) is 20.7 Å². The van der Waals surface area contributed by atoms with Gasteiger partial charge in [-0.05, 0) is 38.9 Å². The van der Waals surface area contributed by atoms with Crippen LogP contribution in [0.2, 0.25) is 0 Å². The van der Waals surface area contributed by atoms with Crippen LogP contribution in [0.3, 0.4) is 0 Å². The van der Waals surface area contributed by atoms with E-state index >= 15 is 0 Å². The van der Waals surface area contributed by atoms with Crippen molar-refractivity contribution >= 4 is 0 Å². The lowest BCUT2D eigenvalue weighted by Crippen LogP contribution is -2.28. The number of benzene rings is 1. The number of methoxy groups -OCH3 is 1. The normalized spacial score (nSPS) is 21.4. The van der Waals surface area contributed by atoms with E-state index in [1.54, 1.807) is 7.11 Å². The van der Waals surface area contributed by atoms with Crippen LogP contribution < -0.4 is 15.4 Å². The summed E-state index contributed by atoms with van der Waals surface area (Å²) in [6.07, 6.45) is 3.71. The molecule has 0 aromatic heterocycles. The van der Waals surface area contributed by atoms with Gasteiger partial charge in [-0.2, -0.15) is 0 Å². The quantitative estimate of drug-likeness (QED) is 0.818. The van der Waals surface area contributed by atoms with Crippen molar-refractivity contribution < 1.29 is 4.74 Å². The number of para-hydroxylation sites is 1. The maximum atomic E-state index is 5.43. The fourth-order valence-corrected chi connectivity index (χ4v) is 2.60. The molecule has 1 aliphatic rings. The summed E-state index contributed by atoms with van der Waals surface area (Å²) in [5, 5.41) is 6.95. The standard InChI is InChI=1S/C14H22N2O/c1-15-13(10-11-6-5-9-16-11)12-7-3-4-8-14(12)17-2/h3-4,7-8,11,13,15-16H,5-6,9-10H2,1-2H3. The molecule has 1 aromatic rings. The fourth-order valence-electron chi connectivity index (χ4n) is 2.60. The zero-order valence-electron chi connectivity index (χ0n) is 10.7. The van der Waals surface area contributed by atoms with Crippen LogP contribution in [0.25, 0.3) is 0 Å². The molecule has 2 rings (SSSR count). The summed E-state index contributed by atoms with van der Waals surface area (Å²) in [6.45, 7) is 1.16. The maximum Gasteiger partial charge on any atom is 0.123 e. The summed E-state index contributed by atoms with van der Waals surface area (Å²) in [7, 11) is 3.76. The number of hydrogen-bond acceptors (Lipinski definition) is 3. The van der Waals surface area contributed by atoms with Crippen LogP contribution in [-0.2, 0) is 0 Å². The third kappa shape index (κ3) is 2.99. The second-order valence-electron chi connectivity index (χ2n) is 4.61. The minimum Gasteiger partial charge on any atom is -0.496 e. The van der Waals surface area contributed by atoms with Gasteiger partial charge in [0, 0.05) is 17.6 Å². The van der Waals surface area contributed by atoms with Crippen molar-refractivity contribution in [1.29, 1.82) is 0 Å². The summed E-state index contributed by atoms with van der Waals surface area (Å²) >= 11 is 0. The molecule has 17 heavy (non-hydrogen) atoms. The van der Waals surface area contributed by atoms with Gasteiger partial charge < -0.3 is 15.4 Å². The highest BCUT2D eigenvalue weighted by Gasteiger charge is 2.21. The molecule has 3 heteroatoms. The fraction of sp³-hybridized carbons (Fsp3) is 0.571. The summed E-state index contributed by atoms with van der Waals surface area (Å²) in [5.74, 6) is 0.977. The third-order valence-electron chi connectivity index (χ3n) is 3.55. The lowest BCUT2D eigenvalue weighted by atomic mass is 9.98. The Kier molecular flexibility index (Phi) is 4.40. The van der Waals surface area contributed by atoms with E-state index in [2.05, 4.69) is 22.8 Å². The zero-order valence-corrected chi connectivity index (χ0v) is 10.7. The molecule has 94 valence electrons. The number of ether oxygens (including phenoxy) is 1. The van der Waals surface area contributed by atoms with Gasteiger partial charge in [-0.3, -0.25) is 0 Å². The van der Waals surface area contributed by atoms with E-state index in [4.69, 9.17) is 4.74 Å². The van der Waals surface area contributed by atoms with Crippen LogP contribution in [0.4, 0.5) is 0 Å². The summed E-state index contributed by atoms with van der Waals surface area (Å²) in [6, 6.07) is 9.27. The van der Waals surface area contributed by atoms with Gasteiger partial charge >= 0.3 is 0 Å². The minimum atomic E-state index is 0.363. The molecule has 2 atom stereocenters. The second kappa shape index (κ2) is 6.03. The molecule has 1 heterocycles. The van der Waals surface area contributed by atoms with E-state index in [1.165, 1.54) is 18.4 Å². The van der Waals surface area contributed by atoms with Crippen LogP contribution in [-0.4, -0.2) is 26.7 Å². The molecule has 1 aliphatic heterocycles. The van der Waals surface area contributed by atoms with E-state index in [0.717, 1.165) is 18.7 Å². The summed E-state index contributed by atoms with van der Waals surface area (Å²) in [4.78, 5) is 0. The first-order valence-electron chi connectivity index (χ1n) is 6.38. The SMILES string of the molecule is CNC(CC1CCCN1)c1ccccc1OC. The topological polar surface area (TPSA) is 33.3 Å². The van der Waals surface area contributed by atoms with Crippen LogP contribution >= 0.6 is 0 Å². The molecule has 2 unspecified atom stereocenters. The monoisotopic (exact) mass is 234 g/mol. The molecule has 1 fully saturated rings. The highest BCUT2D eigenvalue weighted by molar-refractivity contribution is 5.36. The van der Waals surface area contributed by atoms with E-state index in [0.29, 0.717) is 12.1 Å².